The summed E-state index contributed by atoms with van der Waals surface area (Å²) < 4.78 is 22.3. The predicted octanol–water partition coefficient (Wildman–Crippen LogP) is -1.71. The van der Waals surface area contributed by atoms with Gasteiger partial charge in [0.2, 0.25) is 17.7 Å². The number of fused-ring (bicyclic) bond motifs is 6. The zero-order valence-corrected chi connectivity index (χ0v) is 19.7. The smallest absolute Gasteiger partial charge is 0.407 e. The fraction of sp³-hybridized carbons (Fsp3) is 0.583. The number of hydrogen-bond donors (Lipinski definition) is 4. The van der Waals surface area contributed by atoms with Gasteiger partial charge in [0.25, 0.3) is 0 Å². The average Bonchev–Trinajstić information content (AvgIpc) is 3.70. The molecule has 6 rings (SSSR count). The predicted molar refractivity (Wildman–Crippen MR) is 121 cm³/mol. The first-order chi connectivity index (χ1) is 17.4. The maximum Gasteiger partial charge on any atom is 0.407 e. The summed E-state index contributed by atoms with van der Waals surface area (Å²) >= 11 is 0. The van der Waals surface area contributed by atoms with E-state index in [4.69, 9.17) is 18.9 Å². The molecule has 0 aromatic carbocycles. The number of ether oxygens (including phenoxy) is 4. The van der Waals surface area contributed by atoms with Gasteiger partial charge in [-0.05, 0) is 0 Å². The van der Waals surface area contributed by atoms with Gasteiger partial charge in [-0.15, -0.1) is 0 Å². The molecule has 192 valence electrons. The topological polar surface area (TPSA) is 153 Å². The summed E-state index contributed by atoms with van der Waals surface area (Å²) in [7, 11) is 2.80. The average molecular weight is 501 g/mol. The Morgan fingerprint density at radius 3 is 1.33 bits per heavy atom. The Kier molecular flexibility index (Phi) is 5.61. The van der Waals surface area contributed by atoms with Gasteiger partial charge in [-0.2, -0.15) is 0 Å². The third-order valence-corrected chi connectivity index (χ3v) is 7.94. The van der Waals surface area contributed by atoms with E-state index in [0.29, 0.717) is 0 Å². The first kappa shape index (κ1) is 23.2. The van der Waals surface area contributed by atoms with Gasteiger partial charge < -0.3 is 40.2 Å². The highest BCUT2D eigenvalue weighted by atomic mass is 16.5. The zero-order chi connectivity index (χ0) is 25.1. The number of alkyl carbamates (subject to hydrolysis) is 1. The third kappa shape index (κ3) is 3.54. The van der Waals surface area contributed by atoms with Crippen LogP contribution in [-0.4, -0.2) is 92.7 Å². The van der Waals surface area contributed by atoms with Crippen molar-refractivity contribution in [1.29, 1.82) is 0 Å². The van der Waals surface area contributed by atoms with Crippen LogP contribution in [-0.2, 0) is 33.3 Å². The molecule has 3 saturated heterocycles. The van der Waals surface area contributed by atoms with Gasteiger partial charge in [0.15, 0.2) is 0 Å². The number of carbonyl (C=O) groups excluding carboxylic acids is 4. The third-order valence-electron chi connectivity index (χ3n) is 7.94. The molecule has 6 aliphatic heterocycles. The lowest BCUT2D eigenvalue weighted by molar-refractivity contribution is -0.130. The molecule has 6 heterocycles. The molecule has 4 amide bonds. The number of carbonyl (C=O) groups is 4. The molecular formula is C24H28N4O8. The molecule has 6 bridgehead atoms. The van der Waals surface area contributed by atoms with Gasteiger partial charge in [-0.3, -0.25) is 14.4 Å². The lowest BCUT2D eigenvalue weighted by Crippen LogP contribution is -2.58. The molecule has 0 spiro atoms. The highest BCUT2D eigenvalue weighted by Crippen LogP contribution is 2.39. The van der Waals surface area contributed by atoms with Gasteiger partial charge >= 0.3 is 6.09 Å². The summed E-state index contributed by atoms with van der Waals surface area (Å²) in [6, 6.07) is -1.74. The molecule has 12 nitrogen and oxygen atoms in total. The Hall–Kier alpha value is -3.22. The molecule has 0 aromatic heterocycles. The number of amides is 4. The SMILES string of the molecule is CNC(=O)[C@H]1[C@H](NC(=O)[C@H]2[C@H](NC(=O)[C@H]3[C@H](NC(=O)OC)[C@H]4C=C[C@@H]3O4)[C@H]3C=C[C@@H]2O3)[C@H]2C=C[C@@H]1O2. The number of methoxy groups -OCH3 is 1. The van der Waals surface area contributed by atoms with Gasteiger partial charge in [0, 0.05) is 7.05 Å². The first-order valence-electron chi connectivity index (χ1n) is 12.1. The molecule has 0 aliphatic carbocycles. The van der Waals surface area contributed by atoms with Crippen LogP contribution in [0.25, 0.3) is 0 Å². The van der Waals surface area contributed by atoms with E-state index in [0.717, 1.165) is 0 Å². The quantitative estimate of drug-likeness (QED) is 0.315. The minimum absolute atomic E-state index is 0.209. The van der Waals surface area contributed by atoms with Crippen molar-refractivity contribution in [2.75, 3.05) is 14.2 Å². The van der Waals surface area contributed by atoms with Crippen molar-refractivity contribution < 1.29 is 38.1 Å². The van der Waals surface area contributed by atoms with E-state index in [1.165, 1.54) is 7.11 Å². The molecule has 0 radical (unpaired) electrons. The van der Waals surface area contributed by atoms with E-state index in [9.17, 15) is 19.2 Å². The summed E-state index contributed by atoms with van der Waals surface area (Å²) in [4.78, 5) is 51.3. The fourth-order valence-corrected chi connectivity index (χ4v) is 6.26. The summed E-state index contributed by atoms with van der Waals surface area (Å²) in [6.45, 7) is 0. The molecule has 0 unspecified atom stereocenters. The standard InChI is InChI=1S/C24H28N4O8/c1-25-21(29)15-9-3-6-12(34-9)18(15)26-22(30)16-10-4-7-13(35-10)19(16)27-23(31)17-11-5-8-14(36-11)20(17)28-24(32)33-2/h3-20H,1-2H3,(H,25,29)(H,26,30)(H,27,31)(H,28,32)/t9-,10-,11-,12+,13+,14+,15+,16+,17+,18+,19+,20+/m0/s1. The van der Waals surface area contributed by atoms with Crippen molar-refractivity contribution in [3.05, 3.63) is 36.5 Å². The summed E-state index contributed by atoms with van der Waals surface area (Å²) in [5, 5.41) is 11.3. The molecule has 4 N–H and O–H groups in total. The normalized spacial score (nSPS) is 44.2. The Morgan fingerprint density at radius 1 is 0.583 bits per heavy atom. The molecule has 12 atom stereocenters. The van der Waals surface area contributed by atoms with Crippen molar-refractivity contribution in [3.8, 4) is 0 Å². The molecule has 3 fully saturated rings. The highest BCUT2D eigenvalue weighted by Gasteiger charge is 2.56. The van der Waals surface area contributed by atoms with Crippen LogP contribution in [0.3, 0.4) is 0 Å². The van der Waals surface area contributed by atoms with Crippen LogP contribution in [0.15, 0.2) is 36.5 Å². The number of rotatable bonds is 6. The van der Waals surface area contributed by atoms with Crippen LogP contribution in [0.5, 0.6) is 0 Å². The van der Waals surface area contributed by atoms with Crippen molar-refractivity contribution in [2.45, 2.75) is 54.7 Å². The van der Waals surface area contributed by atoms with E-state index in [1.807, 2.05) is 30.4 Å². The first-order valence-corrected chi connectivity index (χ1v) is 12.1. The Labute approximate surface area is 206 Å². The lowest BCUT2D eigenvalue weighted by Gasteiger charge is -2.31. The number of hydrogen-bond acceptors (Lipinski definition) is 8. The van der Waals surface area contributed by atoms with E-state index in [1.54, 1.807) is 13.1 Å². The van der Waals surface area contributed by atoms with Crippen LogP contribution in [0.2, 0.25) is 0 Å². The summed E-state index contributed by atoms with van der Waals surface area (Å²) in [5.74, 6) is -2.81. The Balaban J connectivity index is 1.17. The van der Waals surface area contributed by atoms with Crippen molar-refractivity contribution in [3.63, 3.8) is 0 Å². The second-order valence-electron chi connectivity index (χ2n) is 9.77. The van der Waals surface area contributed by atoms with Crippen molar-refractivity contribution in [2.24, 2.45) is 17.8 Å². The molecule has 0 saturated carbocycles. The van der Waals surface area contributed by atoms with Gasteiger partial charge in [-0.1, -0.05) is 36.5 Å². The molecule has 12 heteroatoms. The fourth-order valence-electron chi connectivity index (χ4n) is 6.26. The molecule has 0 aromatic rings. The molecular weight excluding hydrogens is 472 g/mol. The van der Waals surface area contributed by atoms with Gasteiger partial charge in [-0.25, -0.2) is 4.79 Å². The second kappa shape index (κ2) is 8.71. The van der Waals surface area contributed by atoms with E-state index < -0.39 is 78.6 Å². The lowest BCUT2D eigenvalue weighted by atomic mass is 9.84. The monoisotopic (exact) mass is 500 g/mol. The van der Waals surface area contributed by atoms with Gasteiger partial charge in [0.1, 0.15) is 0 Å². The van der Waals surface area contributed by atoms with Crippen LogP contribution in [0.1, 0.15) is 0 Å². The van der Waals surface area contributed by atoms with Crippen LogP contribution in [0, 0.1) is 17.8 Å². The number of nitrogens with one attached hydrogen (secondary N) is 4. The van der Waals surface area contributed by atoms with Crippen molar-refractivity contribution in [1.82, 2.24) is 21.3 Å². The van der Waals surface area contributed by atoms with Crippen LogP contribution in [0.4, 0.5) is 4.79 Å². The van der Waals surface area contributed by atoms with E-state index >= 15 is 0 Å². The zero-order valence-electron chi connectivity index (χ0n) is 19.7. The summed E-state index contributed by atoms with van der Waals surface area (Å²) in [5.41, 5.74) is 0. The molecule has 36 heavy (non-hydrogen) atoms. The van der Waals surface area contributed by atoms with Crippen LogP contribution >= 0.6 is 0 Å². The maximum absolute atomic E-state index is 13.5. The highest BCUT2D eigenvalue weighted by molar-refractivity contribution is 5.87. The van der Waals surface area contributed by atoms with E-state index in [2.05, 4.69) is 21.3 Å². The minimum atomic E-state index is -0.695. The van der Waals surface area contributed by atoms with Crippen LogP contribution < -0.4 is 21.3 Å². The Morgan fingerprint density at radius 2 is 0.944 bits per heavy atom. The van der Waals surface area contributed by atoms with E-state index in [-0.39, 0.29) is 17.7 Å². The minimum Gasteiger partial charge on any atom is -0.453 e. The molecule has 6 aliphatic rings. The van der Waals surface area contributed by atoms with Crippen molar-refractivity contribution >= 4 is 23.8 Å². The Bertz CT molecular complexity index is 1070. The second-order valence-corrected chi connectivity index (χ2v) is 9.77. The van der Waals surface area contributed by atoms with Gasteiger partial charge in [0.05, 0.1) is 79.6 Å². The summed E-state index contributed by atoms with van der Waals surface area (Å²) in [6.07, 6.45) is 7.59. The maximum atomic E-state index is 13.5. The largest absolute Gasteiger partial charge is 0.453 e.